The molecule has 0 unspecified atom stereocenters. The summed E-state index contributed by atoms with van der Waals surface area (Å²) in [6, 6.07) is 3.53. The van der Waals surface area contributed by atoms with Crippen LogP contribution in [0.3, 0.4) is 0 Å². The molecule has 0 spiro atoms. The van der Waals surface area contributed by atoms with Gasteiger partial charge in [-0.2, -0.15) is 0 Å². The molecule has 0 radical (unpaired) electrons. The Morgan fingerprint density at radius 2 is 1.64 bits per heavy atom. The molecule has 0 heterocycles. The van der Waals surface area contributed by atoms with Crippen molar-refractivity contribution in [1.29, 1.82) is 0 Å². The number of hydrogen-bond donors (Lipinski definition) is 0. The van der Waals surface area contributed by atoms with E-state index in [1.165, 1.54) is 64.2 Å². The molecule has 0 saturated heterocycles. The minimum Gasteiger partial charge on any atom is -0.491 e. The maximum atomic E-state index is 14.3. The Hall–Kier alpha value is -1.02. The summed E-state index contributed by atoms with van der Waals surface area (Å²) >= 11 is 6.20. The Balaban J connectivity index is 1.49. The van der Waals surface area contributed by atoms with Crippen molar-refractivity contribution in [1.82, 2.24) is 0 Å². The van der Waals surface area contributed by atoms with Crippen LogP contribution in [0.25, 0.3) is 6.08 Å². The molecule has 1 nitrogen and oxygen atoms in total. The van der Waals surface area contributed by atoms with Gasteiger partial charge >= 0.3 is 0 Å². The molecule has 3 heteroatoms. The van der Waals surface area contributed by atoms with Crippen molar-refractivity contribution >= 4 is 17.7 Å². The molecule has 2 aliphatic carbocycles. The highest BCUT2D eigenvalue weighted by molar-refractivity contribution is 6.32. The molecule has 1 aromatic carbocycles. The van der Waals surface area contributed by atoms with Crippen molar-refractivity contribution < 1.29 is 9.13 Å². The number of allylic oxidation sites excluding steroid dienone is 1. The van der Waals surface area contributed by atoms with Gasteiger partial charge in [0.05, 0.1) is 11.6 Å². The van der Waals surface area contributed by atoms with Crippen molar-refractivity contribution in [3.05, 3.63) is 34.6 Å². The number of ether oxygens (including phenoxy) is 1. The van der Waals surface area contributed by atoms with Crippen LogP contribution in [-0.4, -0.2) is 6.61 Å². The first-order valence-electron chi connectivity index (χ1n) is 11.4. The smallest absolute Gasteiger partial charge is 0.184 e. The second kappa shape index (κ2) is 10.7. The highest BCUT2D eigenvalue weighted by atomic mass is 35.5. The van der Waals surface area contributed by atoms with Gasteiger partial charge in [0.1, 0.15) is 0 Å². The zero-order chi connectivity index (χ0) is 19.9. The molecular formula is C25H36ClFO. The summed E-state index contributed by atoms with van der Waals surface area (Å²) in [5.74, 6) is 3.27. The predicted molar refractivity (Wildman–Crippen MR) is 117 cm³/mol. The van der Waals surface area contributed by atoms with Crippen LogP contribution in [0.15, 0.2) is 18.2 Å². The van der Waals surface area contributed by atoms with Crippen molar-refractivity contribution in [2.75, 3.05) is 6.61 Å². The fourth-order valence-electron chi connectivity index (χ4n) is 5.35. The summed E-state index contributed by atoms with van der Waals surface area (Å²) in [6.07, 6.45) is 18.1. The van der Waals surface area contributed by atoms with Gasteiger partial charge in [0.25, 0.3) is 0 Å². The monoisotopic (exact) mass is 406 g/mol. The van der Waals surface area contributed by atoms with E-state index in [-0.39, 0.29) is 10.8 Å². The molecule has 28 heavy (non-hydrogen) atoms. The summed E-state index contributed by atoms with van der Waals surface area (Å²) in [4.78, 5) is 0. The van der Waals surface area contributed by atoms with E-state index >= 15 is 0 Å². The maximum absolute atomic E-state index is 14.3. The zero-order valence-corrected chi connectivity index (χ0v) is 18.3. The van der Waals surface area contributed by atoms with Crippen LogP contribution in [0.1, 0.15) is 83.6 Å². The minimum atomic E-state index is -0.451. The lowest BCUT2D eigenvalue weighted by atomic mass is 9.68. The van der Waals surface area contributed by atoms with Gasteiger partial charge in [0.2, 0.25) is 0 Å². The number of halogens is 2. The molecule has 2 saturated carbocycles. The van der Waals surface area contributed by atoms with E-state index in [0.29, 0.717) is 12.5 Å². The molecule has 3 rings (SSSR count). The topological polar surface area (TPSA) is 9.23 Å². The number of benzene rings is 1. The molecule has 0 atom stereocenters. The fourth-order valence-corrected chi connectivity index (χ4v) is 5.57. The molecule has 2 fully saturated rings. The molecule has 0 N–H and O–H groups in total. The van der Waals surface area contributed by atoms with Gasteiger partial charge in [-0.3, -0.25) is 0 Å². The lowest BCUT2D eigenvalue weighted by Crippen LogP contribution is -2.25. The first-order chi connectivity index (χ1) is 13.6. The molecule has 0 aliphatic heterocycles. The van der Waals surface area contributed by atoms with Crippen LogP contribution in [-0.2, 0) is 0 Å². The molecule has 0 aromatic heterocycles. The molecule has 2 aliphatic rings. The van der Waals surface area contributed by atoms with Gasteiger partial charge in [0.15, 0.2) is 11.6 Å². The first kappa shape index (κ1) is 21.7. The summed E-state index contributed by atoms with van der Waals surface area (Å²) in [6.45, 7) is 4.59. The second-order valence-corrected chi connectivity index (χ2v) is 9.20. The van der Waals surface area contributed by atoms with Crippen LogP contribution >= 0.6 is 11.6 Å². The lowest BCUT2D eigenvalue weighted by Gasteiger charge is -2.37. The summed E-state index contributed by atoms with van der Waals surface area (Å²) < 4.78 is 19.5. The molecule has 156 valence electrons. The lowest BCUT2D eigenvalue weighted by molar-refractivity contribution is 0.152. The normalized spacial score (nSPS) is 28.6. The van der Waals surface area contributed by atoms with Gasteiger partial charge < -0.3 is 4.74 Å². The number of rotatable bonds is 7. The van der Waals surface area contributed by atoms with E-state index in [1.807, 2.05) is 19.1 Å². The highest BCUT2D eigenvalue weighted by Crippen LogP contribution is 2.42. The van der Waals surface area contributed by atoms with Crippen LogP contribution in [0, 0.1) is 29.5 Å². The third-order valence-corrected chi connectivity index (χ3v) is 7.38. The SMILES string of the molecule is CCCC1CCC(C2CCC(/C=C/c3ccc(OCC)c(F)c3Cl)CC2)CC1. The van der Waals surface area contributed by atoms with Gasteiger partial charge in [-0.05, 0) is 86.8 Å². The first-order valence-corrected chi connectivity index (χ1v) is 11.8. The standard InChI is InChI=1S/C25H36ClFO/c1-3-5-18-6-11-20(12-7-18)21-13-8-19(9-14-21)10-15-22-16-17-23(28-4-2)25(27)24(22)26/h10,15-21H,3-9,11-14H2,1-2H3/b15-10+. The third kappa shape index (κ3) is 5.53. The highest BCUT2D eigenvalue weighted by Gasteiger charge is 2.30. The van der Waals surface area contributed by atoms with E-state index in [2.05, 4.69) is 13.0 Å². The predicted octanol–water partition coefficient (Wildman–Crippen LogP) is 8.30. The Morgan fingerprint density at radius 1 is 1.00 bits per heavy atom. The van der Waals surface area contributed by atoms with Gasteiger partial charge in [-0.25, -0.2) is 4.39 Å². The van der Waals surface area contributed by atoms with E-state index in [4.69, 9.17) is 16.3 Å². The zero-order valence-electron chi connectivity index (χ0n) is 17.6. The van der Waals surface area contributed by atoms with E-state index in [1.54, 1.807) is 6.07 Å². The van der Waals surface area contributed by atoms with Crippen LogP contribution in [0.4, 0.5) is 4.39 Å². The Kier molecular flexibility index (Phi) is 8.26. The number of hydrogen-bond acceptors (Lipinski definition) is 1. The third-order valence-electron chi connectivity index (χ3n) is 7.00. The fraction of sp³-hybridized carbons (Fsp3) is 0.680. The van der Waals surface area contributed by atoms with Crippen molar-refractivity contribution in [3.63, 3.8) is 0 Å². The molecule has 1 aromatic rings. The summed E-state index contributed by atoms with van der Waals surface area (Å²) in [7, 11) is 0. The van der Waals surface area contributed by atoms with E-state index in [9.17, 15) is 4.39 Å². The molecule has 0 bridgehead atoms. The molecular weight excluding hydrogens is 371 g/mol. The Bertz CT molecular complexity index is 640. The second-order valence-electron chi connectivity index (χ2n) is 8.82. The quantitative estimate of drug-likeness (QED) is 0.442. The summed E-state index contributed by atoms with van der Waals surface area (Å²) in [5, 5.41) is 0.166. The van der Waals surface area contributed by atoms with Gasteiger partial charge in [0, 0.05) is 0 Å². The maximum Gasteiger partial charge on any atom is 0.184 e. The minimum absolute atomic E-state index is 0.166. The van der Waals surface area contributed by atoms with Crippen molar-refractivity contribution in [2.24, 2.45) is 23.7 Å². The Labute approximate surface area is 175 Å². The van der Waals surface area contributed by atoms with Gasteiger partial charge in [-0.15, -0.1) is 0 Å². The van der Waals surface area contributed by atoms with Crippen LogP contribution in [0.5, 0.6) is 5.75 Å². The van der Waals surface area contributed by atoms with E-state index < -0.39 is 5.82 Å². The summed E-state index contributed by atoms with van der Waals surface area (Å²) in [5.41, 5.74) is 0.749. The Morgan fingerprint density at radius 3 is 2.25 bits per heavy atom. The van der Waals surface area contributed by atoms with Crippen molar-refractivity contribution in [3.8, 4) is 5.75 Å². The van der Waals surface area contributed by atoms with Crippen molar-refractivity contribution in [2.45, 2.75) is 78.1 Å². The van der Waals surface area contributed by atoms with E-state index in [0.717, 1.165) is 23.3 Å². The average molecular weight is 407 g/mol. The molecule has 0 amide bonds. The van der Waals surface area contributed by atoms with Crippen LogP contribution in [0.2, 0.25) is 5.02 Å². The average Bonchev–Trinajstić information content (AvgIpc) is 2.72. The van der Waals surface area contributed by atoms with Crippen LogP contribution < -0.4 is 4.74 Å². The van der Waals surface area contributed by atoms with Gasteiger partial charge in [-0.1, -0.05) is 56.4 Å². The largest absolute Gasteiger partial charge is 0.491 e.